The lowest BCUT2D eigenvalue weighted by atomic mass is 10.0. The molecule has 7 heteroatoms. The lowest BCUT2D eigenvalue weighted by Gasteiger charge is -2.21. The Kier molecular flexibility index (Phi) is 6.16. The van der Waals surface area contributed by atoms with E-state index in [0.717, 1.165) is 30.8 Å². The molecule has 0 bridgehead atoms. The summed E-state index contributed by atoms with van der Waals surface area (Å²) in [7, 11) is -3.48. The third-order valence-electron chi connectivity index (χ3n) is 3.80. The molecule has 0 aromatic carbocycles. The fraction of sp³-hybridized carbons (Fsp3) is 0.714. The molecule has 0 unspecified atom stereocenters. The molecule has 0 radical (unpaired) electrons. The number of hydrogen-bond acceptors (Lipinski definition) is 4. The van der Waals surface area contributed by atoms with Crippen LogP contribution in [0, 0.1) is 5.92 Å². The van der Waals surface area contributed by atoms with Gasteiger partial charge in [0, 0.05) is 25.0 Å². The number of sulfonamides is 1. The summed E-state index contributed by atoms with van der Waals surface area (Å²) in [5, 5.41) is 9.32. The standard InChI is InChI=1S/C14H24N2O3S2/c1-2-5-16-10-14(8-13(16)11-17)21(18,19)15-9-12-3-6-20-7-4-12/h8,10,12,15,17H,2-7,9,11H2,1H3. The van der Waals surface area contributed by atoms with Crippen molar-refractivity contribution >= 4 is 21.8 Å². The van der Waals surface area contributed by atoms with Crippen molar-refractivity contribution in [3.63, 3.8) is 0 Å². The first-order valence-electron chi connectivity index (χ1n) is 7.44. The van der Waals surface area contributed by atoms with Crippen LogP contribution in [0.15, 0.2) is 17.2 Å². The van der Waals surface area contributed by atoms with E-state index < -0.39 is 10.0 Å². The van der Waals surface area contributed by atoms with E-state index in [2.05, 4.69) is 4.72 Å². The molecule has 2 rings (SSSR count). The Morgan fingerprint density at radius 3 is 2.76 bits per heavy atom. The number of rotatable bonds is 7. The van der Waals surface area contributed by atoms with E-state index in [0.29, 0.717) is 24.7 Å². The Morgan fingerprint density at radius 1 is 1.43 bits per heavy atom. The number of thioether (sulfide) groups is 1. The molecule has 0 saturated carbocycles. The van der Waals surface area contributed by atoms with Crippen molar-refractivity contribution < 1.29 is 13.5 Å². The maximum atomic E-state index is 12.3. The molecule has 0 atom stereocenters. The topological polar surface area (TPSA) is 71.3 Å². The summed E-state index contributed by atoms with van der Waals surface area (Å²) >= 11 is 1.93. The molecule has 0 amide bonds. The van der Waals surface area contributed by atoms with Crippen LogP contribution in [0.5, 0.6) is 0 Å². The summed E-state index contributed by atoms with van der Waals surface area (Å²) in [4.78, 5) is 0.255. The summed E-state index contributed by atoms with van der Waals surface area (Å²) in [5.41, 5.74) is 0.645. The first-order valence-corrected chi connectivity index (χ1v) is 10.1. The second kappa shape index (κ2) is 7.67. The molecule has 1 aliphatic heterocycles. The Balaban J connectivity index is 2.04. The van der Waals surface area contributed by atoms with Gasteiger partial charge in [0.05, 0.1) is 11.5 Å². The van der Waals surface area contributed by atoms with E-state index in [1.807, 2.05) is 23.3 Å². The lowest BCUT2D eigenvalue weighted by molar-refractivity contribution is 0.270. The van der Waals surface area contributed by atoms with Gasteiger partial charge in [0.25, 0.3) is 0 Å². The van der Waals surface area contributed by atoms with Gasteiger partial charge in [0.1, 0.15) is 0 Å². The minimum Gasteiger partial charge on any atom is -0.390 e. The van der Waals surface area contributed by atoms with E-state index in [4.69, 9.17) is 0 Å². The van der Waals surface area contributed by atoms with Crippen LogP contribution in [0.2, 0.25) is 0 Å². The van der Waals surface area contributed by atoms with E-state index in [1.54, 1.807) is 12.3 Å². The first kappa shape index (κ1) is 16.9. The van der Waals surface area contributed by atoms with Crippen molar-refractivity contribution in [2.24, 2.45) is 5.92 Å². The maximum absolute atomic E-state index is 12.3. The zero-order valence-electron chi connectivity index (χ0n) is 12.4. The lowest BCUT2D eigenvalue weighted by Crippen LogP contribution is -2.30. The molecule has 21 heavy (non-hydrogen) atoms. The molecular weight excluding hydrogens is 308 g/mol. The largest absolute Gasteiger partial charge is 0.390 e. The predicted molar refractivity (Wildman–Crippen MR) is 85.9 cm³/mol. The number of aliphatic hydroxyl groups is 1. The first-order chi connectivity index (χ1) is 10.1. The van der Waals surface area contributed by atoms with E-state index in [-0.39, 0.29) is 11.5 Å². The summed E-state index contributed by atoms with van der Waals surface area (Å²) in [5.74, 6) is 2.68. The molecule has 2 N–H and O–H groups in total. The number of hydrogen-bond donors (Lipinski definition) is 2. The molecule has 1 saturated heterocycles. The van der Waals surface area contributed by atoms with Crippen LogP contribution >= 0.6 is 11.8 Å². The van der Waals surface area contributed by atoms with E-state index in [9.17, 15) is 13.5 Å². The van der Waals surface area contributed by atoms with Gasteiger partial charge in [-0.2, -0.15) is 11.8 Å². The number of nitrogens with one attached hydrogen (secondary N) is 1. The quantitative estimate of drug-likeness (QED) is 0.799. The third kappa shape index (κ3) is 4.48. The number of aromatic nitrogens is 1. The predicted octanol–water partition coefficient (Wildman–Crippen LogP) is 1.81. The van der Waals surface area contributed by atoms with Crippen LogP contribution in [0.25, 0.3) is 0 Å². The highest BCUT2D eigenvalue weighted by molar-refractivity contribution is 7.99. The summed E-state index contributed by atoms with van der Waals surface area (Å²) in [6, 6.07) is 1.56. The summed E-state index contributed by atoms with van der Waals surface area (Å²) < 4.78 is 29.2. The molecule has 1 fully saturated rings. The van der Waals surface area contributed by atoms with Crippen molar-refractivity contribution in [2.45, 2.75) is 44.2 Å². The molecule has 0 aliphatic carbocycles. The van der Waals surface area contributed by atoms with Gasteiger partial charge < -0.3 is 9.67 Å². The second-order valence-corrected chi connectivity index (χ2v) is 8.42. The molecule has 1 aliphatic rings. The average Bonchev–Trinajstić information content (AvgIpc) is 2.91. The average molecular weight is 332 g/mol. The number of nitrogens with zero attached hydrogens (tertiary/aromatic N) is 1. The van der Waals surface area contributed by atoms with Crippen molar-refractivity contribution in [1.82, 2.24) is 9.29 Å². The molecule has 2 heterocycles. The Morgan fingerprint density at radius 2 is 2.14 bits per heavy atom. The highest BCUT2D eigenvalue weighted by atomic mass is 32.2. The highest BCUT2D eigenvalue weighted by Crippen LogP contribution is 2.23. The van der Waals surface area contributed by atoms with Gasteiger partial charge in [-0.25, -0.2) is 13.1 Å². The fourth-order valence-corrected chi connectivity index (χ4v) is 4.90. The van der Waals surface area contributed by atoms with Gasteiger partial charge in [-0.05, 0) is 42.8 Å². The Bertz CT molecular complexity index is 549. The fourth-order valence-electron chi connectivity index (χ4n) is 2.51. The van der Waals surface area contributed by atoms with Crippen LogP contribution in [0.1, 0.15) is 31.9 Å². The summed E-state index contributed by atoms with van der Waals surface area (Å²) in [6.07, 6.45) is 4.67. The van der Waals surface area contributed by atoms with Crippen molar-refractivity contribution in [2.75, 3.05) is 18.1 Å². The van der Waals surface area contributed by atoms with Crippen LogP contribution in [-0.4, -0.2) is 36.1 Å². The van der Waals surface area contributed by atoms with E-state index in [1.165, 1.54) is 0 Å². The van der Waals surface area contributed by atoms with Crippen LogP contribution in [0.3, 0.4) is 0 Å². The molecule has 120 valence electrons. The van der Waals surface area contributed by atoms with Gasteiger partial charge in [-0.1, -0.05) is 6.92 Å². The normalized spacial score (nSPS) is 17.2. The van der Waals surface area contributed by atoms with E-state index >= 15 is 0 Å². The van der Waals surface area contributed by atoms with Gasteiger partial charge in [-0.15, -0.1) is 0 Å². The summed E-state index contributed by atoms with van der Waals surface area (Å²) in [6.45, 7) is 3.10. The Hall–Kier alpha value is -0.500. The van der Waals surface area contributed by atoms with Gasteiger partial charge in [-0.3, -0.25) is 0 Å². The van der Waals surface area contributed by atoms with Gasteiger partial charge >= 0.3 is 0 Å². The van der Waals surface area contributed by atoms with Gasteiger partial charge in [0.2, 0.25) is 10.0 Å². The maximum Gasteiger partial charge on any atom is 0.242 e. The van der Waals surface area contributed by atoms with Crippen molar-refractivity contribution in [3.8, 4) is 0 Å². The van der Waals surface area contributed by atoms with Gasteiger partial charge in [0.15, 0.2) is 0 Å². The smallest absolute Gasteiger partial charge is 0.242 e. The third-order valence-corrected chi connectivity index (χ3v) is 6.24. The van der Waals surface area contributed by atoms with Crippen LogP contribution in [0.4, 0.5) is 0 Å². The molecular formula is C14H24N2O3S2. The van der Waals surface area contributed by atoms with Crippen molar-refractivity contribution in [3.05, 3.63) is 18.0 Å². The van der Waals surface area contributed by atoms with Crippen LogP contribution in [-0.2, 0) is 23.2 Å². The SMILES string of the molecule is CCCn1cc(S(=O)(=O)NCC2CCSCC2)cc1CO. The monoisotopic (exact) mass is 332 g/mol. The van der Waals surface area contributed by atoms with Crippen LogP contribution < -0.4 is 4.72 Å². The zero-order chi connectivity index (χ0) is 15.3. The zero-order valence-corrected chi connectivity index (χ0v) is 14.0. The van der Waals surface area contributed by atoms with Crippen molar-refractivity contribution in [1.29, 1.82) is 0 Å². The molecule has 5 nitrogen and oxygen atoms in total. The molecule has 1 aromatic rings. The minimum absolute atomic E-state index is 0.143. The number of aliphatic hydroxyl groups excluding tert-OH is 1. The molecule has 0 spiro atoms. The minimum atomic E-state index is -3.48. The Labute approximate surface area is 131 Å². The number of aryl methyl sites for hydroxylation is 1. The second-order valence-electron chi connectivity index (χ2n) is 5.43. The molecule has 1 aromatic heterocycles. The highest BCUT2D eigenvalue weighted by Gasteiger charge is 2.21.